The van der Waals surface area contributed by atoms with Crippen molar-refractivity contribution in [1.82, 2.24) is 20.1 Å². The zero-order valence-corrected chi connectivity index (χ0v) is 11.3. The van der Waals surface area contributed by atoms with E-state index in [9.17, 15) is 0 Å². The fraction of sp³-hybridized carbons (Fsp3) is 0.500. The second-order valence-corrected chi connectivity index (χ2v) is 5.24. The second kappa shape index (κ2) is 5.09. The van der Waals surface area contributed by atoms with E-state index in [0.717, 1.165) is 43.1 Å². The Morgan fingerprint density at radius 1 is 1.21 bits per heavy atom. The van der Waals surface area contributed by atoms with Crippen molar-refractivity contribution in [1.29, 1.82) is 0 Å². The molecule has 0 aromatic carbocycles. The molecule has 2 aromatic rings. The number of hydrogen-bond donors (Lipinski definition) is 0. The molecule has 0 atom stereocenters. The molecule has 0 saturated carbocycles. The summed E-state index contributed by atoms with van der Waals surface area (Å²) in [6, 6.07) is 3.92. The van der Waals surface area contributed by atoms with Gasteiger partial charge in [0, 0.05) is 12.1 Å². The lowest BCUT2D eigenvalue weighted by Gasteiger charge is -2.26. The van der Waals surface area contributed by atoms with E-state index in [2.05, 4.69) is 27.1 Å². The topological polar surface area (TPSA) is 55.1 Å². The molecule has 3 rings (SSSR count). The molecule has 0 spiro atoms. The Bertz CT molecular complexity index is 541. The maximum Gasteiger partial charge on any atom is 0.266 e. The molecule has 0 N–H and O–H groups in total. The van der Waals surface area contributed by atoms with E-state index >= 15 is 0 Å². The van der Waals surface area contributed by atoms with Crippen molar-refractivity contribution in [2.45, 2.75) is 25.7 Å². The minimum Gasteiger partial charge on any atom is -0.419 e. The van der Waals surface area contributed by atoms with Crippen molar-refractivity contribution in [2.75, 3.05) is 20.1 Å². The second-order valence-electron chi connectivity index (χ2n) is 5.24. The number of likely N-dealkylation sites (tertiary alicyclic amines) is 1. The molecular formula is C14H18N4O. The molecular weight excluding hydrogens is 240 g/mol. The highest BCUT2D eigenvalue weighted by Gasteiger charge is 2.23. The van der Waals surface area contributed by atoms with Crippen LogP contribution in [0, 0.1) is 6.92 Å². The molecule has 1 aliphatic rings. The van der Waals surface area contributed by atoms with Crippen LogP contribution in [0.1, 0.15) is 30.2 Å². The first-order valence-corrected chi connectivity index (χ1v) is 6.67. The Kier molecular flexibility index (Phi) is 3.29. The normalized spacial score (nSPS) is 17.8. The van der Waals surface area contributed by atoms with Gasteiger partial charge >= 0.3 is 0 Å². The summed E-state index contributed by atoms with van der Waals surface area (Å²) in [5.74, 6) is 1.67. The summed E-state index contributed by atoms with van der Waals surface area (Å²) in [6.07, 6.45) is 3.98. The molecule has 0 bridgehead atoms. The van der Waals surface area contributed by atoms with Gasteiger partial charge in [0.2, 0.25) is 5.89 Å². The number of pyridine rings is 1. The van der Waals surface area contributed by atoms with Crippen molar-refractivity contribution < 1.29 is 4.42 Å². The zero-order chi connectivity index (χ0) is 13.2. The predicted octanol–water partition coefficient (Wildman–Crippen LogP) is 2.25. The van der Waals surface area contributed by atoms with Crippen molar-refractivity contribution >= 4 is 0 Å². The van der Waals surface area contributed by atoms with E-state index < -0.39 is 0 Å². The van der Waals surface area contributed by atoms with Crippen LogP contribution in [0.2, 0.25) is 0 Å². The van der Waals surface area contributed by atoms with Crippen molar-refractivity contribution in [3.8, 4) is 11.6 Å². The van der Waals surface area contributed by atoms with E-state index in [4.69, 9.17) is 4.42 Å². The Hall–Kier alpha value is -1.75. The first-order valence-electron chi connectivity index (χ1n) is 6.67. The monoisotopic (exact) mass is 258 g/mol. The van der Waals surface area contributed by atoms with E-state index in [1.54, 1.807) is 0 Å². The quantitative estimate of drug-likeness (QED) is 0.827. The number of nitrogens with zero attached hydrogens (tertiary/aromatic N) is 4. The highest BCUT2D eigenvalue weighted by molar-refractivity contribution is 5.45. The van der Waals surface area contributed by atoms with Gasteiger partial charge in [-0.15, -0.1) is 10.2 Å². The van der Waals surface area contributed by atoms with Gasteiger partial charge in [-0.1, -0.05) is 6.07 Å². The third-order valence-electron chi connectivity index (χ3n) is 3.64. The molecule has 0 radical (unpaired) electrons. The first kappa shape index (κ1) is 12.3. The van der Waals surface area contributed by atoms with Gasteiger partial charge in [-0.25, -0.2) is 0 Å². The zero-order valence-electron chi connectivity index (χ0n) is 11.3. The van der Waals surface area contributed by atoms with E-state index in [1.165, 1.54) is 0 Å². The highest BCUT2D eigenvalue weighted by atomic mass is 16.4. The molecule has 1 fully saturated rings. The summed E-state index contributed by atoms with van der Waals surface area (Å²) in [5.41, 5.74) is 1.87. The summed E-state index contributed by atoms with van der Waals surface area (Å²) in [6.45, 7) is 4.19. The number of piperidine rings is 1. The molecule has 3 heterocycles. The Morgan fingerprint density at radius 3 is 2.68 bits per heavy atom. The van der Waals surface area contributed by atoms with Crippen LogP contribution in [-0.2, 0) is 0 Å². The number of aromatic nitrogens is 3. The minimum atomic E-state index is 0.392. The average molecular weight is 258 g/mol. The number of aryl methyl sites for hydroxylation is 1. The van der Waals surface area contributed by atoms with Crippen molar-refractivity contribution in [3.05, 3.63) is 29.8 Å². The van der Waals surface area contributed by atoms with Gasteiger partial charge in [0.05, 0.1) is 0 Å². The number of hydrogen-bond acceptors (Lipinski definition) is 5. The van der Waals surface area contributed by atoms with Crippen molar-refractivity contribution in [2.24, 2.45) is 0 Å². The van der Waals surface area contributed by atoms with Crippen LogP contribution in [0.4, 0.5) is 0 Å². The van der Waals surface area contributed by atoms with Gasteiger partial charge in [-0.3, -0.25) is 4.98 Å². The third-order valence-corrected chi connectivity index (χ3v) is 3.64. The van der Waals surface area contributed by atoms with Crippen molar-refractivity contribution in [3.63, 3.8) is 0 Å². The van der Waals surface area contributed by atoms with Crippen LogP contribution in [0.15, 0.2) is 22.7 Å². The van der Waals surface area contributed by atoms with Gasteiger partial charge in [0.1, 0.15) is 5.69 Å². The highest BCUT2D eigenvalue weighted by Crippen LogP contribution is 2.28. The van der Waals surface area contributed by atoms with Crippen LogP contribution < -0.4 is 0 Å². The summed E-state index contributed by atoms with van der Waals surface area (Å²) in [7, 11) is 2.14. The molecule has 5 heteroatoms. The summed E-state index contributed by atoms with van der Waals surface area (Å²) < 4.78 is 5.78. The fourth-order valence-electron chi connectivity index (χ4n) is 2.35. The van der Waals surface area contributed by atoms with Crippen LogP contribution >= 0.6 is 0 Å². The van der Waals surface area contributed by atoms with Gasteiger partial charge in [0.15, 0.2) is 0 Å². The van der Waals surface area contributed by atoms with Crippen LogP contribution in [0.3, 0.4) is 0 Å². The summed E-state index contributed by atoms with van der Waals surface area (Å²) in [4.78, 5) is 6.64. The lowest BCUT2D eigenvalue weighted by atomic mass is 9.97. The first-order chi connectivity index (χ1) is 9.22. The smallest absolute Gasteiger partial charge is 0.266 e. The molecule has 5 nitrogen and oxygen atoms in total. The average Bonchev–Trinajstić information content (AvgIpc) is 2.90. The SMILES string of the molecule is Cc1ccc(-c2nnc(C3CCN(C)CC3)o2)nc1. The standard InChI is InChI=1S/C14H18N4O/c1-10-3-4-12(15-9-10)14-17-16-13(19-14)11-5-7-18(2)8-6-11/h3-4,9,11H,5-8H2,1-2H3. The number of rotatable bonds is 2. The maximum atomic E-state index is 5.78. The Balaban J connectivity index is 1.77. The Morgan fingerprint density at radius 2 is 2.00 bits per heavy atom. The Labute approximate surface area is 112 Å². The lowest BCUT2D eigenvalue weighted by Crippen LogP contribution is -2.29. The van der Waals surface area contributed by atoms with Gasteiger partial charge in [0.25, 0.3) is 5.89 Å². The molecule has 100 valence electrons. The third kappa shape index (κ3) is 2.66. The largest absolute Gasteiger partial charge is 0.419 e. The van der Waals surface area contributed by atoms with Crippen LogP contribution in [0.5, 0.6) is 0 Å². The van der Waals surface area contributed by atoms with E-state index in [-0.39, 0.29) is 0 Å². The molecule has 0 aliphatic carbocycles. The maximum absolute atomic E-state index is 5.78. The lowest BCUT2D eigenvalue weighted by molar-refractivity contribution is 0.237. The van der Waals surface area contributed by atoms with E-state index in [1.807, 2.05) is 25.3 Å². The van der Waals surface area contributed by atoms with Crippen LogP contribution in [0.25, 0.3) is 11.6 Å². The summed E-state index contributed by atoms with van der Waals surface area (Å²) >= 11 is 0. The summed E-state index contributed by atoms with van der Waals surface area (Å²) in [5, 5.41) is 8.31. The molecule has 0 unspecified atom stereocenters. The van der Waals surface area contributed by atoms with E-state index in [0.29, 0.717) is 11.8 Å². The molecule has 1 aliphatic heterocycles. The van der Waals surface area contributed by atoms with Gasteiger partial charge in [-0.05, 0) is 51.5 Å². The molecule has 1 saturated heterocycles. The minimum absolute atomic E-state index is 0.392. The predicted molar refractivity (Wildman–Crippen MR) is 71.7 cm³/mol. The van der Waals surface area contributed by atoms with Gasteiger partial charge in [-0.2, -0.15) is 0 Å². The fourth-order valence-corrected chi connectivity index (χ4v) is 2.35. The molecule has 2 aromatic heterocycles. The van der Waals surface area contributed by atoms with Crippen LogP contribution in [-0.4, -0.2) is 40.2 Å². The molecule has 0 amide bonds. The van der Waals surface area contributed by atoms with Gasteiger partial charge < -0.3 is 9.32 Å². The molecule has 19 heavy (non-hydrogen) atoms.